The van der Waals surface area contributed by atoms with Crippen LogP contribution in [0.1, 0.15) is 43.2 Å². The van der Waals surface area contributed by atoms with Gasteiger partial charge in [0.1, 0.15) is 6.10 Å². The fraction of sp³-hybridized carbons (Fsp3) is 0.375. The first kappa shape index (κ1) is 13.4. The summed E-state index contributed by atoms with van der Waals surface area (Å²) in [6.07, 6.45) is 5.42. The standard InChI is InChI=1S/C16H17NO2/c1-12(14-9-7-13(11-17)8-10-14)16(18)19-15-5-3-2-4-6-15/h7-10,15H,1-6H2. The van der Waals surface area contributed by atoms with Gasteiger partial charge in [-0.2, -0.15) is 5.26 Å². The van der Waals surface area contributed by atoms with Crippen molar-refractivity contribution in [2.24, 2.45) is 0 Å². The minimum atomic E-state index is -0.350. The van der Waals surface area contributed by atoms with Crippen molar-refractivity contribution in [3.8, 4) is 6.07 Å². The zero-order chi connectivity index (χ0) is 13.7. The van der Waals surface area contributed by atoms with Crippen LogP contribution >= 0.6 is 0 Å². The molecule has 0 bridgehead atoms. The number of nitrogens with zero attached hydrogens (tertiary/aromatic N) is 1. The Morgan fingerprint density at radius 2 is 1.84 bits per heavy atom. The van der Waals surface area contributed by atoms with E-state index in [4.69, 9.17) is 10.00 Å². The molecule has 0 radical (unpaired) electrons. The predicted molar refractivity (Wildman–Crippen MR) is 73.2 cm³/mol. The van der Waals surface area contributed by atoms with E-state index in [2.05, 4.69) is 6.58 Å². The van der Waals surface area contributed by atoms with Gasteiger partial charge in [-0.25, -0.2) is 4.79 Å². The second kappa shape index (κ2) is 6.19. The average Bonchev–Trinajstić information content (AvgIpc) is 2.47. The minimum absolute atomic E-state index is 0.0383. The number of rotatable bonds is 3. The molecule has 0 atom stereocenters. The Kier molecular flexibility index (Phi) is 4.35. The molecule has 0 aliphatic heterocycles. The monoisotopic (exact) mass is 255 g/mol. The zero-order valence-corrected chi connectivity index (χ0v) is 10.9. The fourth-order valence-corrected chi connectivity index (χ4v) is 2.27. The van der Waals surface area contributed by atoms with Crippen molar-refractivity contribution >= 4 is 11.5 Å². The van der Waals surface area contributed by atoms with Crippen molar-refractivity contribution in [2.45, 2.75) is 38.2 Å². The van der Waals surface area contributed by atoms with Crippen molar-refractivity contribution in [1.29, 1.82) is 5.26 Å². The maximum Gasteiger partial charge on any atom is 0.338 e. The molecule has 0 unspecified atom stereocenters. The lowest BCUT2D eigenvalue weighted by atomic mass is 9.97. The summed E-state index contributed by atoms with van der Waals surface area (Å²) in [6.45, 7) is 3.79. The van der Waals surface area contributed by atoms with Gasteiger partial charge in [-0.05, 0) is 43.4 Å². The summed E-state index contributed by atoms with van der Waals surface area (Å²) in [7, 11) is 0. The van der Waals surface area contributed by atoms with Crippen LogP contribution in [0.15, 0.2) is 30.8 Å². The van der Waals surface area contributed by atoms with Crippen LogP contribution in [-0.4, -0.2) is 12.1 Å². The number of hydrogen-bond acceptors (Lipinski definition) is 3. The molecule has 98 valence electrons. The number of benzene rings is 1. The molecule has 0 saturated heterocycles. The first-order valence-corrected chi connectivity index (χ1v) is 6.61. The van der Waals surface area contributed by atoms with Crippen LogP contribution in [0.4, 0.5) is 0 Å². The topological polar surface area (TPSA) is 50.1 Å². The summed E-state index contributed by atoms with van der Waals surface area (Å²) in [5.41, 5.74) is 1.63. The Hall–Kier alpha value is -2.08. The smallest absolute Gasteiger partial charge is 0.338 e. The summed E-state index contributed by atoms with van der Waals surface area (Å²) in [6, 6.07) is 8.84. The highest BCUT2D eigenvalue weighted by Gasteiger charge is 2.19. The predicted octanol–water partition coefficient (Wildman–Crippen LogP) is 3.45. The van der Waals surface area contributed by atoms with E-state index < -0.39 is 0 Å². The van der Waals surface area contributed by atoms with Crippen LogP contribution in [0.25, 0.3) is 5.57 Å². The number of esters is 1. The van der Waals surface area contributed by atoms with Crippen molar-refractivity contribution in [3.05, 3.63) is 42.0 Å². The Bertz CT molecular complexity index is 505. The minimum Gasteiger partial charge on any atom is -0.459 e. The lowest BCUT2D eigenvalue weighted by Crippen LogP contribution is -2.21. The first-order valence-electron chi connectivity index (χ1n) is 6.61. The molecule has 3 nitrogen and oxygen atoms in total. The van der Waals surface area contributed by atoms with E-state index >= 15 is 0 Å². The Morgan fingerprint density at radius 3 is 2.42 bits per heavy atom. The van der Waals surface area contributed by atoms with Crippen LogP contribution in [0, 0.1) is 11.3 Å². The molecule has 0 spiro atoms. The average molecular weight is 255 g/mol. The molecule has 2 rings (SSSR count). The first-order chi connectivity index (χ1) is 9.20. The van der Waals surface area contributed by atoms with Crippen LogP contribution in [0.2, 0.25) is 0 Å². The van der Waals surface area contributed by atoms with Gasteiger partial charge in [-0.3, -0.25) is 0 Å². The summed E-state index contributed by atoms with van der Waals surface area (Å²) in [5.74, 6) is -0.350. The van der Waals surface area contributed by atoms with Crippen molar-refractivity contribution < 1.29 is 9.53 Å². The molecular formula is C16H17NO2. The maximum absolute atomic E-state index is 12.0. The van der Waals surface area contributed by atoms with Gasteiger partial charge in [-0.15, -0.1) is 0 Å². The second-order valence-corrected chi connectivity index (χ2v) is 4.83. The summed E-state index contributed by atoms with van der Waals surface area (Å²) in [5, 5.41) is 8.73. The lowest BCUT2D eigenvalue weighted by Gasteiger charge is -2.22. The molecule has 1 fully saturated rings. The third-order valence-electron chi connectivity index (χ3n) is 3.43. The molecule has 1 aromatic rings. The van der Waals surface area contributed by atoms with Gasteiger partial charge in [0.25, 0.3) is 0 Å². The molecule has 3 heteroatoms. The number of nitriles is 1. The SMILES string of the molecule is C=C(C(=O)OC1CCCCC1)c1ccc(C#N)cc1. The van der Waals surface area contributed by atoms with Gasteiger partial charge < -0.3 is 4.74 Å². The molecule has 19 heavy (non-hydrogen) atoms. The van der Waals surface area contributed by atoms with Crippen LogP contribution < -0.4 is 0 Å². The Balaban J connectivity index is 1.97. The molecular weight excluding hydrogens is 238 g/mol. The highest BCUT2D eigenvalue weighted by atomic mass is 16.5. The molecule has 1 aliphatic carbocycles. The van der Waals surface area contributed by atoms with Gasteiger partial charge in [-0.1, -0.05) is 25.1 Å². The van der Waals surface area contributed by atoms with E-state index in [0.717, 1.165) is 25.7 Å². The normalized spacial score (nSPS) is 15.5. The number of hydrogen-bond donors (Lipinski definition) is 0. The van der Waals surface area contributed by atoms with Gasteiger partial charge >= 0.3 is 5.97 Å². The molecule has 1 aliphatic rings. The van der Waals surface area contributed by atoms with Gasteiger partial charge in [0, 0.05) is 0 Å². The largest absolute Gasteiger partial charge is 0.459 e. The highest BCUT2D eigenvalue weighted by molar-refractivity contribution is 6.15. The van der Waals surface area contributed by atoms with Gasteiger partial charge in [0.2, 0.25) is 0 Å². The Morgan fingerprint density at radius 1 is 1.21 bits per heavy atom. The van der Waals surface area contributed by atoms with E-state index in [1.54, 1.807) is 24.3 Å². The highest BCUT2D eigenvalue weighted by Crippen LogP contribution is 2.23. The summed E-state index contributed by atoms with van der Waals surface area (Å²) >= 11 is 0. The quantitative estimate of drug-likeness (QED) is 0.614. The number of carbonyl (C=O) groups excluding carboxylic acids is 1. The van der Waals surface area contributed by atoms with E-state index in [1.165, 1.54) is 6.42 Å². The van der Waals surface area contributed by atoms with Gasteiger partial charge in [0.15, 0.2) is 0 Å². The molecule has 0 amide bonds. The third-order valence-corrected chi connectivity index (χ3v) is 3.43. The molecule has 0 heterocycles. The van der Waals surface area contributed by atoms with E-state index in [9.17, 15) is 4.79 Å². The third kappa shape index (κ3) is 3.45. The molecule has 0 N–H and O–H groups in total. The fourth-order valence-electron chi connectivity index (χ4n) is 2.27. The van der Waals surface area contributed by atoms with Crippen molar-refractivity contribution in [2.75, 3.05) is 0 Å². The maximum atomic E-state index is 12.0. The van der Waals surface area contributed by atoms with Crippen LogP contribution in [-0.2, 0) is 9.53 Å². The van der Waals surface area contributed by atoms with Crippen molar-refractivity contribution in [3.63, 3.8) is 0 Å². The summed E-state index contributed by atoms with van der Waals surface area (Å²) < 4.78 is 5.46. The van der Waals surface area contributed by atoms with Crippen LogP contribution in [0.3, 0.4) is 0 Å². The molecule has 0 aromatic heterocycles. The number of carbonyl (C=O) groups is 1. The van der Waals surface area contributed by atoms with E-state index in [-0.39, 0.29) is 12.1 Å². The molecule has 1 aromatic carbocycles. The lowest BCUT2D eigenvalue weighted by molar-refractivity contribution is -0.143. The van der Waals surface area contributed by atoms with Crippen LogP contribution in [0.5, 0.6) is 0 Å². The van der Waals surface area contributed by atoms with E-state index in [1.807, 2.05) is 6.07 Å². The van der Waals surface area contributed by atoms with E-state index in [0.29, 0.717) is 16.7 Å². The van der Waals surface area contributed by atoms with Gasteiger partial charge in [0.05, 0.1) is 17.2 Å². The Labute approximate surface area is 113 Å². The zero-order valence-electron chi connectivity index (χ0n) is 10.9. The second-order valence-electron chi connectivity index (χ2n) is 4.83. The summed E-state index contributed by atoms with van der Waals surface area (Å²) in [4.78, 5) is 12.0. The molecule has 1 saturated carbocycles. The number of ether oxygens (including phenoxy) is 1. The van der Waals surface area contributed by atoms with Crippen molar-refractivity contribution in [1.82, 2.24) is 0 Å².